The number of nitrogens with one attached hydrogen (secondary N) is 1. The van der Waals surface area contributed by atoms with Crippen molar-refractivity contribution in [3.8, 4) is 0 Å². The number of rotatable bonds is 9. The third-order valence-electron chi connectivity index (χ3n) is 3.80. The predicted octanol–water partition coefficient (Wildman–Crippen LogP) is 4.41. The Morgan fingerprint density at radius 1 is 1.00 bits per heavy atom. The minimum Gasteiger partial charge on any atom is -0.374 e. The Balaban J connectivity index is 1.73. The maximum absolute atomic E-state index is 12.1. The highest BCUT2D eigenvalue weighted by molar-refractivity contribution is 6.30. The lowest BCUT2D eigenvalue weighted by Gasteiger charge is -2.26. The summed E-state index contributed by atoms with van der Waals surface area (Å²) in [6.07, 6.45) is 0.304. The number of amides is 1. The molecular formula is C21H24ClNO3. The van der Waals surface area contributed by atoms with Crippen molar-refractivity contribution >= 4 is 23.3 Å². The largest absolute Gasteiger partial charge is 0.374 e. The Morgan fingerprint density at radius 2 is 1.65 bits per heavy atom. The van der Waals surface area contributed by atoms with E-state index in [1.807, 2.05) is 44.2 Å². The van der Waals surface area contributed by atoms with Crippen molar-refractivity contribution in [1.82, 2.24) is 5.32 Å². The van der Waals surface area contributed by atoms with Crippen LogP contribution >= 0.6 is 11.6 Å². The molecule has 0 aliphatic rings. The SMILES string of the molecule is CC(C)(COCc1ccccc1)NC(=O)CCC(=O)c1ccc(Cl)cc1. The van der Waals surface area contributed by atoms with Gasteiger partial charge in [-0.25, -0.2) is 0 Å². The van der Waals surface area contributed by atoms with E-state index in [1.54, 1.807) is 24.3 Å². The van der Waals surface area contributed by atoms with Crippen LogP contribution in [-0.4, -0.2) is 23.8 Å². The van der Waals surface area contributed by atoms with E-state index in [4.69, 9.17) is 16.3 Å². The van der Waals surface area contributed by atoms with Gasteiger partial charge in [-0.3, -0.25) is 9.59 Å². The summed E-state index contributed by atoms with van der Waals surface area (Å²) < 4.78 is 5.70. The van der Waals surface area contributed by atoms with Crippen molar-refractivity contribution in [1.29, 1.82) is 0 Å². The highest BCUT2D eigenvalue weighted by Gasteiger charge is 2.21. The van der Waals surface area contributed by atoms with Gasteiger partial charge in [0.15, 0.2) is 5.78 Å². The molecule has 1 N–H and O–H groups in total. The van der Waals surface area contributed by atoms with E-state index in [2.05, 4.69) is 5.32 Å². The van der Waals surface area contributed by atoms with E-state index in [0.29, 0.717) is 23.8 Å². The van der Waals surface area contributed by atoms with Crippen LogP contribution in [0.4, 0.5) is 0 Å². The maximum Gasteiger partial charge on any atom is 0.220 e. The van der Waals surface area contributed by atoms with Gasteiger partial charge >= 0.3 is 0 Å². The molecule has 5 heteroatoms. The third kappa shape index (κ3) is 6.98. The van der Waals surface area contributed by atoms with Gasteiger partial charge in [-0.1, -0.05) is 41.9 Å². The molecule has 2 aromatic carbocycles. The highest BCUT2D eigenvalue weighted by atomic mass is 35.5. The molecule has 0 fully saturated rings. The van der Waals surface area contributed by atoms with Crippen LogP contribution in [0.15, 0.2) is 54.6 Å². The molecule has 2 rings (SSSR count). The molecule has 2 aromatic rings. The number of carbonyl (C=O) groups is 2. The minimum atomic E-state index is -0.505. The second kappa shape index (κ2) is 9.51. The fourth-order valence-corrected chi connectivity index (χ4v) is 2.61. The van der Waals surface area contributed by atoms with Crippen LogP contribution in [-0.2, 0) is 16.1 Å². The van der Waals surface area contributed by atoms with Crippen LogP contribution < -0.4 is 5.32 Å². The summed E-state index contributed by atoms with van der Waals surface area (Å²) in [6.45, 7) is 4.68. The molecule has 0 saturated carbocycles. The van der Waals surface area contributed by atoms with Gasteiger partial charge in [0.05, 0.1) is 18.8 Å². The summed E-state index contributed by atoms with van der Waals surface area (Å²) in [7, 11) is 0. The van der Waals surface area contributed by atoms with Gasteiger partial charge in [-0.05, 0) is 43.7 Å². The second-order valence-electron chi connectivity index (χ2n) is 6.84. The quantitative estimate of drug-likeness (QED) is 0.662. The van der Waals surface area contributed by atoms with E-state index in [0.717, 1.165) is 5.56 Å². The molecule has 0 aliphatic carbocycles. The van der Waals surface area contributed by atoms with Gasteiger partial charge in [0.25, 0.3) is 0 Å². The number of benzene rings is 2. The number of ether oxygens (including phenoxy) is 1. The van der Waals surface area contributed by atoms with Crippen molar-refractivity contribution in [3.05, 3.63) is 70.7 Å². The summed E-state index contributed by atoms with van der Waals surface area (Å²) >= 11 is 5.81. The first-order valence-electron chi connectivity index (χ1n) is 8.57. The van der Waals surface area contributed by atoms with Crippen molar-refractivity contribution in [3.63, 3.8) is 0 Å². The minimum absolute atomic E-state index is 0.0741. The fourth-order valence-electron chi connectivity index (χ4n) is 2.48. The van der Waals surface area contributed by atoms with Crippen LogP contribution in [0, 0.1) is 0 Å². The average Bonchev–Trinajstić information content (AvgIpc) is 2.60. The molecule has 0 atom stereocenters. The maximum atomic E-state index is 12.1. The predicted molar refractivity (Wildman–Crippen MR) is 103 cm³/mol. The molecular weight excluding hydrogens is 350 g/mol. The van der Waals surface area contributed by atoms with Gasteiger partial charge in [-0.15, -0.1) is 0 Å². The number of ketones is 1. The molecule has 0 aliphatic heterocycles. The number of halogens is 1. The molecule has 0 radical (unpaired) electrons. The van der Waals surface area contributed by atoms with Crippen molar-refractivity contribution in [2.45, 2.75) is 38.8 Å². The topological polar surface area (TPSA) is 55.4 Å². The first kappa shape index (κ1) is 20.1. The van der Waals surface area contributed by atoms with E-state index < -0.39 is 5.54 Å². The van der Waals surface area contributed by atoms with Gasteiger partial charge < -0.3 is 10.1 Å². The Bertz CT molecular complexity index is 727. The lowest BCUT2D eigenvalue weighted by Crippen LogP contribution is -2.47. The first-order valence-corrected chi connectivity index (χ1v) is 8.95. The molecule has 0 saturated heterocycles. The number of Topliss-reactive ketones (excluding diaryl/α,β-unsaturated/α-hetero) is 1. The number of hydrogen-bond acceptors (Lipinski definition) is 3. The Kier molecular flexibility index (Phi) is 7.37. The zero-order valence-electron chi connectivity index (χ0n) is 15.1. The molecule has 0 unspecified atom stereocenters. The summed E-state index contributed by atoms with van der Waals surface area (Å²) in [4.78, 5) is 24.2. The normalized spacial score (nSPS) is 11.2. The lowest BCUT2D eigenvalue weighted by molar-refractivity contribution is -0.123. The van der Waals surface area contributed by atoms with Crippen LogP contribution in [0.1, 0.15) is 42.6 Å². The Labute approximate surface area is 159 Å². The number of hydrogen-bond donors (Lipinski definition) is 1. The van der Waals surface area contributed by atoms with Crippen LogP contribution in [0.3, 0.4) is 0 Å². The smallest absolute Gasteiger partial charge is 0.220 e. The molecule has 0 spiro atoms. The average molecular weight is 374 g/mol. The van der Waals surface area contributed by atoms with Crippen molar-refractivity contribution in [2.75, 3.05) is 6.61 Å². The lowest BCUT2D eigenvalue weighted by atomic mass is 10.0. The van der Waals surface area contributed by atoms with E-state index in [-0.39, 0.29) is 24.5 Å². The van der Waals surface area contributed by atoms with E-state index in [1.165, 1.54) is 0 Å². The molecule has 26 heavy (non-hydrogen) atoms. The van der Waals surface area contributed by atoms with Gasteiger partial charge in [0.1, 0.15) is 0 Å². The standard InChI is InChI=1S/C21H24ClNO3/c1-21(2,15-26-14-16-6-4-3-5-7-16)23-20(25)13-12-19(24)17-8-10-18(22)11-9-17/h3-11H,12-15H2,1-2H3,(H,23,25). The van der Waals surface area contributed by atoms with E-state index in [9.17, 15) is 9.59 Å². The summed E-state index contributed by atoms with van der Waals surface area (Å²) in [5, 5.41) is 3.50. The molecule has 138 valence electrons. The van der Waals surface area contributed by atoms with Gasteiger partial charge in [0.2, 0.25) is 5.91 Å². The van der Waals surface area contributed by atoms with E-state index >= 15 is 0 Å². The monoisotopic (exact) mass is 373 g/mol. The summed E-state index contributed by atoms with van der Waals surface area (Å²) in [5.41, 5.74) is 1.14. The van der Waals surface area contributed by atoms with Gasteiger partial charge in [0, 0.05) is 23.4 Å². The second-order valence-corrected chi connectivity index (χ2v) is 7.28. The molecule has 0 heterocycles. The van der Waals surface area contributed by atoms with Crippen molar-refractivity contribution in [2.24, 2.45) is 0 Å². The summed E-state index contributed by atoms with van der Waals surface area (Å²) in [5.74, 6) is -0.240. The summed E-state index contributed by atoms with van der Waals surface area (Å²) in [6, 6.07) is 16.5. The van der Waals surface area contributed by atoms with Gasteiger partial charge in [-0.2, -0.15) is 0 Å². The molecule has 4 nitrogen and oxygen atoms in total. The first-order chi connectivity index (χ1) is 12.4. The van der Waals surface area contributed by atoms with Crippen LogP contribution in [0.25, 0.3) is 0 Å². The zero-order chi connectivity index (χ0) is 19.0. The molecule has 0 aromatic heterocycles. The zero-order valence-corrected chi connectivity index (χ0v) is 15.9. The Morgan fingerprint density at radius 3 is 2.31 bits per heavy atom. The molecule has 1 amide bonds. The van der Waals surface area contributed by atoms with Crippen molar-refractivity contribution < 1.29 is 14.3 Å². The fraction of sp³-hybridized carbons (Fsp3) is 0.333. The van der Waals surface area contributed by atoms with Crippen LogP contribution in [0.5, 0.6) is 0 Å². The third-order valence-corrected chi connectivity index (χ3v) is 4.05. The highest BCUT2D eigenvalue weighted by Crippen LogP contribution is 2.12. The van der Waals surface area contributed by atoms with Crippen LogP contribution in [0.2, 0.25) is 5.02 Å². The Hall–Kier alpha value is -2.17. The number of carbonyl (C=O) groups excluding carboxylic acids is 2. The molecule has 0 bridgehead atoms.